The van der Waals surface area contributed by atoms with Gasteiger partial charge in [-0.1, -0.05) is 18.0 Å². The Morgan fingerprint density at radius 3 is 2.42 bits per heavy atom. The molecule has 0 bridgehead atoms. The van der Waals surface area contributed by atoms with Crippen molar-refractivity contribution in [2.75, 3.05) is 0 Å². The van der Waals surface area contributed by atoms with Gasteiger partial charge in [-0.2, -0.15) is 0 Å². The van der Waals surface area contributed by atoms with Crippen LogP contribution in [0.15, 0.2) is 5.16 Å². The van der Waals surface area contributed by atoms with Crippen LogP contribution in [0.2, 0.25) is 0 Å². The molecule has 106 valence electrons. The smallest absolute Gasteiger partial charge is 0.321 e. The quantitative estimate of drug-likeness (QED) is 0.318. The van der Waals surface area contributed by atoms with Gasteiger partial charge in [-0.15, -0.1) is 0 Å². The summed E-state index contributed by atoms with van der Waals surface area (Å²) in [7, 11) is 0. The summed E-state index contributed by atoms with van der Waals surface area (Å²) >= 11 is 0. The molecule has 1 saturated carbocycles. The minimum atomic E-state index is -1.49. The lowest BCUT2D eigenvalue weighted by atomic mass is 9.78. The lowest BCUT2D eigenvalue weighted by molar-refractivity contribution is -0.142. The van der Waals surface area contributed by atoms with Crippen LogP contribution in [0.3, 0.4) is 0 Å². The number of aliphatic carboxylic acids is 2. The molecule has 4 N–H and O–H groups in total. The van der Waals surface area contributed by atoms with Gasteiger partial charge >= 0.3 is 11.9 Å². The Labute approximate surface area is 110 Å². The minimum absolute atomic E-state index is 0.0540. The van der Waals surface area contributed by atoms with Crippen molar-refractivity contribution in [3.8, 4) is 0 Å². The number of hydrogen-bond acceptors (Lipinski definition) is 5. The van der Waals surface area contributed by atoms with Crippen LogP contribution >= 0.6 is 0 Å². The normalized spacial score (nSPS) is 24.8. The highest BCUT2D eigenvalue weighted by molar-refractivity contribution is 6.28. The van der Waals surface area contributed by atoms with Crippen molar-refractivity contribution in [3.63, 3.8) is 0 Å². The maximum atomic E-state index is 11.4. The largest absolute Gasteiger partial charge is 0.481 e. The first-order valence-electron chi connectivity index (χ1n) is 6.19. The summed E-state index contributed by atoms with van der Waals surface area (Å²) in [5.74, 6) is -2.04. The number of rotatable bonds is 7. The monoisotopic (exact) mass is 270 g/mol. The zero-order valence-corrected chi connectivity index (χ0v) is 10.6. The number of carbonyl (C=O) groups is 2. The van der Waals surface area contributed by atoms with Crippen LogP contribution in [0.25, 0.3) is 0 Å². The van der Waals surface area contributed by atoms with Crippen molar-refractivity contribution in [2.24, 2.45) is 10.6 Å². The van der Waals surface area contributed by atoms with E-state index in [1.165, 1.54) is 0 Å². The van der Waals surface area contributed by atoms with Crippen molar-refractivity contribution in [1.82, 2.24) is 0 Å². The molecule has 0 aliphatic heterocycles. The molecule has 0 heterocycles. The van der Waals surface area contributed by atoms with E-state index in [0.717, 1.165) is 0 Å². The predicted molar refractivity (Wildman–Crippen MR) is 67.0 cm³/mol. The van der Waals surface area contributed by atoms with Crippen LogP contribution < -0.4 is 0 Å². The number of oxime groups is 1. The van der Waals surface area contributed by atoms with Crippen LogP contribution in [-0.2, 0) is 9.59 Å². The van der Waals surface area contributed by atoms with E-state index in [4.69, 9.17) is 15.7 Å². The van der Waals surface area contributed by atoms with Gasteiger partial charge in [0.25, 0.3) is 0 Å². The van der Waals surface area contributed by atoms with Crippen LogP contribution in [0.1, 0.15) is 44.9 Å². The summed E-state index contributed by atoms with van der Waals surface area (Å²) < 4.78 is 0. The Balaban J connectivity index is 2.65. The fourth-order valence-corrected chi connectivity index (χ4v) is 2.48. The Morgan fingerprint density at radius 1 is 1.21 bits per heavy atom. The molecule has 1 aliphatic rings. The summed E-state index contributed by atoms with van der Waals surface area (Å²) in [6, 6.07) is 0. The van der Waals surface area contributed by atoms with Gasteiger partial charge in [0.2, 0.25) is 0 Å². The Bertz CT molecular complexity index is 418. The third-order valence-electron chi connectivity index (χ3n) is 3.55. The van der Waals surface area contributed by atoms with Gasteiger partial charge in [-0.05, 0) is 25.7 Å². The van der Waals surface area contributed by atoms with Gasteiger partial charge in [0.1, 0.15) is 5.41 Å². The summed E-state index contributed by atoms with van der Waals surface area (Å²) in [5.41, 5.74) is -1.30. The molecule has 1 aliphatic carbocycles. The van der Waals surface area contributed by atoms with Crippen molar-refractivity contribution >= 4 is 23.4 Å². The highest BCUT2D eigenvalue weighted by atomic mass is 16.4. The molecule has 1 atom stereocenters. The van der Waals surface area contributed by atoms with E-state index in [9.17, 15) is 14.7 Å². The standard InChI is InChI=1S/C12H18N2O5/c13-8-5-6-9(14-19)12(8,11(17)18)7-3-1-2-4-10(15)16/h13,19H,1-7H2,(H,15,16)(H,17,18). The summed E-state index contributed by atoms with van der Waals surface area (Å²) in [6.45, 7) is 0. The van der Waals surface area contributed by atoms with Crippen LogP contribution in [0.5, 0.6) is 0 Å². The zero-order valence-electron chi connectivity index (χ0n) is 10.6. The zero-order chi connectivity index (χ0) is 14.5. The second-order valence-electron chi connectivity index (χ2n) is 4.69. The molecule has 7 heteroatoms. The van der Waals surface area contributed by atoms with Crippen LogP contribution in [0.4, 0.5) is 0 Å². The molecule has 0 aromatic heterocycles. The maximum Gasteiger partial charge on any atom is 0.321 e. The van der Waals surface area contributed by atoms with Gasteiger partial charge in [-0.3, -0.25) is 9.59 Å². The first-order valence-corrected chi connectivity index (χ1v) is 6.19. The summed E-state index contributed by atoms with van der Waals surface area (Å²) in [4.78, 5) is 21.8. The molecular formula is C12H18N2O5. The highest BCUT2D eigenvalue weighted by Crippen LogP contribution is 2.38. The van der Waals surface area contributed by atoms with Crippen molar-refractivity contribution in [2.45, 2.75) is 44.9 Å². The fraction of sp³-hybridized carbons (Fsp3) is 0.667. The van der Waals surface area contributed by atoms with E-state index in [1.54, 1.807) is 0 Å². The van der Waals surface area contributed by atoms with Crippen LogP contribution in [0, 0.1) is 10.8 Å². The number of carboxylic acid groups (broad SMARTS) is 2. The Morgan fingerprint density at radius 2 is 1.89 bits per heavy atom. The van der Waals surface area contributed by atoms with E-state index < -0.39 is 17.4 Å². The lowest BCUT2D eigenvalue weighted by Gasteiger charge is -2.24. The lowest BCUT2D eigenvalue weighted by Crippen LogP contribution is -2.41. The molecule has 19 heavy (non-hydrogen) atoms. The van der Waals surface area contributed by atoms with Crippen molar-refractivity contribution in [3.05, 3.63) is 0 Å². The molecule has 1 fully saturated rings. The minimum Gasteiger partial charge on any atom is -0.481 e. The molecule has 0 aromatic rings. The third-order valence-corrected chi connectivity index (χ3v) is 3.55. The van der Waals surface area contributed by atoms with Crippen LogP contribution in [-0.4, -0.2) is 38.8 Å². The van der Waals surface area contributed by atoms with Gasteiger partial charge in [0, 0.05) is 12.1 Å². The predicted octanol–water partition coefficient (Wildman–Crippen LogP) is 1.74. The second kappa shape index (κ2) is 6.31. The number of unbranched alkanes of at least 4 members (excludes halogenated alkanes) is 2. The fourth-order valence-electron chi connectivity index (χ4n) is 2.48. The van der Waals surface area contributed by atoms with Crippen molar-refractivity contribution in [1.29, 1.82) is 5.41 Å². The van der Waals surface area contributed by atoms with E-state index in [-0.39, 0.29) is 30.7 Å². The van der Waals surface area contributed by atoms with Gasteiger partial charge in [-0.25, -0.2) is 0 Å². The molecular weight excluding hydrogens is 252 g/mol. The first-order chi connectivity index (χ1) is 8.95. The van der Waals surface area contributed by atoms with Gasteiger partial charge in [0.15, 0.2) is 0 Å². The first kappa shape index (κ1) is 15.1. The molecule has 0 saturated heterocycles. The number of nitrogens with one attached hydrogen (secondary N) is 1. The number of nitrogens with zero attached hydrogens (tertiary/aromatic N) is 1. The molecule has 0 aromatic carbocycles. The average molecular weight is 270 g/mol. The van der Waals surface area contributed by atoms with E-state index in [2.05, 4.69) is 5.16 Å². The van der Waals surface area contributed by atoms with E-state index in [0.29, 0.717) is 25.7 Å². The number of hydrogen-bond donors (Lipinski definition) is 4. The third kappa shape index (κ3) is 3.10. The molecule has 7 nitrogen and oxygen atoms in total. The van der Waals surface area contributed by atoms with E-state index in [1.807, 2.05) is 0 Å². The summed E-state index contributed by atoms with van der Waals surface area (Å²) in [6.07, 6.45) is 2.36. The molecule has 1 unspecified atom stereocenters. The molecule has 0 amide bonds. The van der Waals surface area contributed by atoms with E-state index >= 15 is 0 Å². The maximum absolute atomic E-state index is 11.4. The Kier molecular flexibility index (Phi) is 5.02. The molecule has 0 spiro atoms. The summed E-state index contributed by atoms with van der Waals surface area (Å²) in [5, 5.41) is 37.6. The Hall–Kier alpha value is -1.92. The van der Waals surface area contributed by atoms with Gasteiger partial charge in [0.05, 0.1) is 5.71 Å². The van der Waals surface area contributed by atoms with Crippen molar-refractivity contribution < 1.29 is 25.0 Å². The molecule has 1 rings (SSSR count). The van der Waals surface area contributed by atoms with Gasteiger partial charge < -0.3 is 20.8 Å². The molecule has 0 radical (unpaired) electrons. The SMILES string of the molecule is N=C1CCC(=NO)C1(CCCCCC(=O)O)C(=O)O. The average Bonchev–Trinajstić information content (AvgIpc) is 2.66. The second-order valence-corrected chi connectivity index (χ2v) is 4.69. The number of carboxylic acids is 2. The topological polar surface area (TPSA) is 131 Å². The highest BCUT2D eigenvalue weighted by Gasteiger charge is 2.51.